The van der Waals surface area contributed by atoms with Gasteiger partial charge in [0.1, 0.15) is 0 Å². The third-order valence-corrected chi connectivity index (χ3v) is 2.26. The molecule has 0 aromatic heterocycles. The smallest absolute Gasteiger partial charge is 0.236 e. The molecule has 0 saturated heterocycles. The van der Waals surface area contributed by atoms with Crippen LogP contribution in [0.2, 0.25) is 0 Å². The Morgan fingerprint density at radius 3 is 2.71 bits per heavy atom. The van der Waals surface area contributed by atoms with E-state index in [1.54, 1.807) is 6.92 Å². The van der Waals surface area contributed by atoms with Crippen molar-refractivity contribution in [1.82, 2.24) is 10.6 Å². The summed E-state index contributed by atoms with van der Waals surface area (Å²) in [6.45, 7) is 4.89. The topological polar surface area (TPSA) is 41.1 Å². The Balaban J connectivity index is 3.72. The fourth-order valence-corrected chi connectivity index (χ4v) is 0.937. The van der Waals surface area contributed by atoms with Crippen molar-refractivity contribution in [1.29, 1.82) is 0 Å². The van der Waals surface area contributed by atoms with Crippen molar-refractivity contribution in [3.63, 3.8) is 0 Å². The Hall–Kier alpha value is -0.250. The average Bonchev–Trinajstić information content (AvgIpc) is 2.21. The van der Waals surface area contributed by atoms with E-state index < -0.39 is 0 Å². The molecular weight excluding hydrogens is 223 g/mol. The molecule has 5 heteroatoms. The van der Waals surface area contributed by atoms with Crippen LogP contribution in [0.25, 0.3) is 0 Å². The van der Waals surface area contributed by atoms with Gasteiger partial charge in [-0.25, -0.2) is 0 Å². The summed E-state index contributed by atoms with van der Waals surface area (Å²) in [6.07, 6.45) is 0.931. The predicted octanol–water partition coefficient (Wildman–Crippen LogP) is 1.81. The SMILES string of the molecule is CCCNC(=O)C(C)NCC(Cl)=CCl. The number of hydrogen-bond donors (Lipinski definition) is 2. The lowest BCUT2D eigenvalue weighted by Crippen LogP contribution is -2.42. The largest absolute Gasteiger partial charge is 0.355 e. The molecule has 1 amide bonds. The second-order valence-corrected chi connectivity index (χ2v) is 3.65. The molecule has 1 atom stereocenters. The van der Waals surface area contributed by atoms with Crippen LogP contribution in [0.4, 0.5) is 0 Å². The summed E-state index contributed by atoms with van der Waals surface area (Å²) >= 11 is 11.0. The molecule has 0 saturated carbocycles. The van der Waals surface area contributed by atoms with E-state index in [0.717, 1.165) is 6.42 Å². The minimum absolute atomic E-state index is 0.0223. The lowest BCUT2D eigenvalue weighted by molar-refractivity contribution is -0.122. The van der Waals surface area contributed by atoms with Gasteiger partial charge in [0.15, 0.2) is 0 Å². The number of carbonyl (C=O) groups is 1. The highest BCUT2D eigenvalue weighted by Gasteiger charge is 2.10. The van der Waals surface area contributed by atoms with Gasteiger partial charge in [0.2, 0.25) is 5.91 Å². The maximum absolute atomic E-state index is 11.3. The van der Waals surface area contributed by atoms with Crippen molar-refractivity contribution < 1.29 is 4.79 Å². The van der Waals surface area contributed by atoms with Crippen molar-refractivity contribution in [2.24, 2.45) is 0 Å². The summed E-state index contributed by atoms with van der Waals surface area (Å²) in [7, 11) is 0. The van der Waals surface area contributed by atoms with Gasteiger partial charge in [0.05, 0.1) is 6.04 Å². The Morgan fingerprint density at radius 1 is 1.57 bits per heavy atom. The molecule has 0 radical (unpaired) electrons. The van der Waals surface area contributed by atoms with Crippen molar-refractivity contribution in [3.8, 4) is 0 Å². The molecule has 0 aliphatic heterocycles. The molecule has 2 N–H and O–H groups in total. The van der Waals surface area contributed by atoms with Gasteiger partial charge in [-0.2, -0.15) is 0 Å². The molecule has 0 spiro atoms. The van der Waals surface area contributed by atoms with Crippen LogP contribution < -0.4 is 10.6 Å². The van der Waals surface area contributed by atoms with Crippen LogP contribution in [0, 0.1) is 0 Å². The molecule has 0 bridgehead atoms. The van der Waals surface area contributed by atoms with Crippen molar-refractivity contribution in [3.05, 3.63) is 10.6 Å². The Bertz CT molecular complexity index is 207. The first kappa shape index (κ1) is 13.8. The molecule has 0 aliphatic carbocycles. The first-order valence-electron chi connectivity index (χ1n) is 4.57. The lowest BCUT2D eigenvalue weighted by atomic mass is 10.3. The summed E-state index contributed by atoms with van der Waals surface area (Å²) in [4.78, 5) is 11.3. The maximum Gasteiger partial charge on any atom is 0.236 e. The van der Waals surface area contributed by atoms with Crippen LogP contribution in [0.3, 0.4) is 0 Å². The fourth-order valence-electron chi connectivity index (χ4n) is 0.783. The Morgan fingerprint density at radius 2 is 2.21 bits per heavy atom. The highest BCUT2D eigenvalue weighted by Crippen LogP contribution is 2.00. The van der Waals surface area contributed by atoms with Gasteiger partial charge in [-0.3, -0.25) is 4.79 Å². The van der Waals surface area contributed by atoms with E-state index in [1.807, 2.05) is 6.92 Å². The highest BCUT2D eigenvalue weighted by atomic mass is 35.5. The van der Waals surface area contributed by atoms with Crippen LogP contribution in [0.15, 0.2) is 10.6 Å². The molecule has 1 unspecified atom stereocenters. The van der Waals surface area contributed by atoms with Crippen LogP contribution in [-0.2, 0) is 4.79 Å². The van der Waals surface area contributed by atoms with Crippen molar-refractivity contribution in [2.75, 3.05) is 13.1 Å². The molecule has 0 fully saturated rings. The van der Waals surface area contributed by atoms with Gasteiger partial charge in [-0.1, -0.05) is 30.1 Å². The fraction of sp³-hybridized carbons (Fsp3) is 0.667. The van der Waals surface area contributed by atoms with Crippen LogP contribution in [0.5, 0.6) is 0 Å². The van der Waals surface area contributed by atoms with E-state index in [0.29, 0.717) is 18.1 Å². The first-order chi connectivity index (χ1) is 6.61. The maximum atomic E-state index is 11.3. The van der Waals surface area contributed by atoms with Gasteiger partial charge in [0, 0.05) is 23.7 Å². The second kappa shape index (κ2) is 8.09. The number of nitrogens with one attached hydrogen (secondary N) is 2. The predicted molar refractivity (Wildman–Crippen MR) is 60.6 cm³/mol. The van der Waals surface area contributed by atoms with Gasteiger partial charge >= 0.3 is 0 Å². The van der Waals surface area contributed by atoms with E-state index in [1.165, 1.54) is 5.54 Å². The number of carbonyl (C=O) groups excluding carboxylic acids is 1. The summed E-state index contributed by atoms with van der Waals surface area (Å²) < 4.78 is 0. The molecule has 3 nitrogen and oxygen atoms in total. The number of rotatable bonds is 6. The monoisotopic (exact) mass is 238 g/mol. The third kappa shape index (κ3) is 6.24. The Kier molecular flexibility index (Phi) is 7.95. The van der Waals surface area contributed by atoms with Gasteiger partial charge in [-0.05, 0) is 13.3 Å². The Labute approximate surface area is 94.8 Å². The van der Waals surface area contributed by atoms with Gasteiger partial charge in [-0.15, -0.1) is 0 Å². The molecule has 0 aliphatic rings. The molecule has 0 aromatic carbocycles. The molecule has 14 heavy (non-hydrogen) atoms. The van der Waals surface area contributed by atoms with Gasteiger partial charge in [0.25, 0.3) is 0 Å². The first-order valence-corrected chi connectivity index (χ1v) is 5.39. The molecular formula is C9H16Cl2N2O. The van der Waals surface area contributed by atoms with E-state index in [4.69, 9.17) is 23.2 Å². The van der Waals surface area contributed by atoms with E-state index in [2.05, 4.69) is 10.6 Å². The lowest BCUT2D eigenvalue weighted by Gasteiger charge is -2.12. The standard InChI is InChI=1S/C9H16Cl2N2O/c1-3-4-12-9(14)7(2)13-6-8(11)5-10/h5,7,13H,3-4,6H2,1-2H3,(H,12,14). The second-order valence-electron chi connectivity index (χ2n) is 2.95. The molecule has 0 rings (SSSR count). The van der Waals surface area contributed by atoms with Crippen LogP contribution in [-0.4, -0.2) is 25.0 Å². The molecule has 0 heterocycles. The third-order valence-electron chi connectivity index (χ3n) is 1.64. The molecule has 82 valence electrons. The van der Waals surface area contributed by atoms with Crippen molar-refractivity contribution >= 4 is 29.1 Å². The van der Waals surface area contributed by atoms with E-state index >= 15 is 0 Å². The highest BCUT2D eigenvalue weighted by molar-refractivity contribution is 6.36. The summed E-state index contributed by atoms with van der Waals surface area (Å²) in [5.74, 6) is -0.0223. The zero-order valence-electron chi connectivity index (χ0n) is 8.44. The van der Waals surface area contributed by atoms with Gasteiger partial charge < -0.3 is 10.6 Å². The van der Waals surface area contributed by atoms with E-state index in [9.17, 15) is 4.79 Å². The molecule has 0 aromatic rings. The summed E-state index contributed by atoms with van der Waals surface area (Å²) in [6, 6.07) is -0.257. The normalized spacial score (nSPS) is 13.9. The van der Waals surface area contributed by atoms with Crippen molar-refractivity contribution in [2.45, 2.75) is 26.3 Å². The minimum Gasteiger partial charge on any atom is -0.355 e. The summed E-state index contributed by atoms with van der Waals surface area (Å²) in [5.41, 5.74) is 1.28. The van der Waals surface area contributed by atoms with E-state index in [-0.39, 0.29) is 11.9 Å². The zero-order valence-corrected chi connectivity index (χ0v) is 9.95. The number of halogens is 2. The quantitative estimate of drug-likeness (QED) is 0.742. The number of hydrogen-bond acceptors (Lipinski definition) is 2. The van der Waals surface area contributed by atoms with Crippen LogP contribution in [0.1, 0.15) is 20.3 Å². The number of amides is 1. The average molecular weight is 239 g/mol. The summed E-state index contributed by atoms with van der Waals surface area (Å²) in [5, 5.41) is 6.21. The zero-order chi connectivity index (χ0) is 11.0. The van der Waals surface area contributed by atoms with Crippen LogP contribution >= 0.6 is 23.2 Å². The minimum atomic E-state index is -0.257.